The van der Waals surface area contributed by atoms with E-state index >= 15 is 0 Å². The minimum absolute atomic E-state index is 0.128. The Labute approximate surface area is 100 Å². The smallest absolute Gasteiger partial charge is 0.205 e. The molecule has 1 aromatic heterocycles. The molecule has 16 heavy (non-hydrogen) atoms. The van der Waals surface area contributed by atoms with Crippen LogP contribution in [-0.4, -0.2) is 5.78 Å². The quantitative estimate of drug-likeness (QED) is 0.661. The minimum atomic E-state index is -0.589. The lowest BCUT2D eigenvalue weighted by molar-refractivity contribution is 0.104. The van der Waals surface area contributed by atoms with Crippen molar-refractivity contribution in [1.82, 2.24) is 0 Å². The highest BCUT2D eigenvalue weighted by Crippen LogP contribution is 2.26. The van der Waals surface area contributed by atoms with Crippen LogP contribution in [0.15, 0.2) is 30.3 Å². The molecule has 0 aliphatic carbocycles. The molecular formula is C11H7ClFNOS. The van der Waals surface area contributed by atoms with Crippen molar-refractivity contribution in [1.29, 1.82) is 0 Å². The third-order valence-corrected chi connectivity index (χ3v) is 3.32. The maximum absolute atomic E-state index is 13.2. The van der Waals surface area contributed by atoms with Crippen molar-refractivity contribution in [3.05, 3.63) is 50.9 Å². The van der Waals surface area contributed by atoms with Gasteiger partial charge in [-0.15, -0.1) is 11.3 Å². The average molecular weight is 256 g/mol. The molecule has 0 aliphatic heterocycles. The highest BCUT2D eigenvalue weighted by molar-refractivity contribution is 7.18. The summed E-state index contributed by atoms with van der Waals surface area (Å²) in [6.07, 6.45) is 0. The molecule has 0 unspecified atom stereocenters. The highest BCUT2D eigenvalue weighted by atomic mass is 35.5. The van der Waals surface area contributed by atoms with Gasteiger partial charge in [-0.2, -0.15) is 0 Å². The van der Waals surface area contributed by atoms with E-state index in [-0.39, 0.29) is 17.0 Å². The zero-order valence-electron chi connectivity index (χ0n) is 8.04. The van der Waals surface area contributed by atoms with Gasteiger partial charge < -0.3 is 5.73 Å². The van der Waals surface area contributed by atoms with E-state index in [1.165, 1.54) is 18.2 Å². The van der Waals surface area contributed by atoms with E-state index in [1.54, 1.807) is 12.1 Å². The molecule has 0 saturated heterocycles. The Morgan fingerprint density at radius 1 is 1.31 bits per heavy atom. The molecule has 1 aromatic carbocycles. The normalized spacial score (nSPS) is 10.4. The number of ketones is 1. The van der Waals surface area contributed by atoms with Crippen LogP contribution in [0.4, 0.5) is 10.1 Å². The molecule has 2 aromatic rings. The molecule has 82 valence electrons. The molecule has 2 nitrogen and oxygen atoms in total. The first kappa shape index (κ1) is 11.1. The first-order valence-corrected chi connectivity index (χ1v) is 5.63. The molecule has 0 amide bonds. The van der Waals surface area contributed by atoms with Gasteiger partial charge in [0.25, 0.3) is 0 Å². The molecule has 2 N–H and O–H groups in total. The SMILES string of the molecule is Nc1c(F)cccc1C(=O)c1ccc(Cl)s1. The van der Waals surface area contributed by atoms with Gasteiger partial charge >= 0.3 is 0 Å². The van der Waals surface area contributed by atoms with Crippen LogP contribution in [0.25, 0.3) is 0 Å². The second kappa shape index (κ2) is 4.23. The fourth-order valence-electron chi connectivity index (χ4n) is 1.30. The summed E-state index contributed by atoms with van der Waals surface area (Å²) in [6, 6.07) is 7.38. The standard InChI is InChI=1S/C11H7ClFNOS/c12-9-5-4-8(16-9)11(15)6-2-1-3-7(13)10(6)14/h1-5H,14H2. The van der Waals surface area contributed by atoms with Gasteiger partial charge in [0.15, 0.2) is 0 Å². The molecule has 0 saturated carbocycles. The predicted molar refractivity (Wildman–Crippen MR) is 63.6 cm³/mol. The Bertz CT molecular complexity index is 553. The molecule has 0 bridgehead atoms. The van der Waals surface area contributed by atoms with Gasteiger partial charge in [0.05, 0.1) is 14.9 Å². The Morgan fingerprint density at radius 2 is 2.06 bits per heavy atom. The van der Waals surface area contributed by atoms with Crippen LogP contribution in [0, 0.1) is 5.82 Å². The van der Waals surface area contributed by atoms with Crippen molar-refractivity contribution in [3.8, 4) is 0 Å². The summed E-state index contributed by atoms with van der Waals surface area (Å²) < 4.78 is 13.7. The number of nitrogens with two attached hydrogens (primary N) is 1. The van der Waals surface area contributed by atoms with Gasteiger partial charge in [0.1, 0.15) is 5.82 Å². The Hall–Kier alpha value is -1.39. The summed E-state index contributed by atoms with van der Waals surface area (Å²) in [4.78, 5) is 12.4. The summed E-state index contributed by atoms with van der Waals surface area (Å²) in [5, 5.41) is 0. The maximum Gasteiger partial charge on any atom is 0.205 e. The van der Waals surface area contributed by atoms with Crippen LogP contribution in [0.5, 0.6) is 0 Å². The number of para-hydroxylation sites is 1. The third-order valence-electron chi connectivity index (χ3n) is 2.09. The van der Waals surface area contributed by atoms with E-state index < -0.39 is 5.82 Å². The summed E-state index contributed by atoms with van der Waals surface area (Å²) >= 11 is 6.87. The second-order valence-electron chi connectivity index (χ2n) is 3.13. The lowest BCUT2D eigenvalue weighted by atomic mass is 10.1. The molecule has 0 aliphatic rings. The monoisotopic (exact) mass is 255 g/mol. The number of anilines is 1. The molecule has 1 heterocycles. The Kier molecular flexibility index (Phi) is 2.94. The van der Waals surface area contributed by atoms with Crippen LogP contribution >= 0.6 is 22.9 Å². The van der Waals surface area contributed by atoms with Crippen LogP contribution in [0.3, 0.4) is 0 Å². The molecule has 0 fully saturated rings. The molecule has 2 rings (SSSR count). The summed E-state index contributed by atoms with van der Waals surface area (Å²) in [6.45, 7) is 0. The molecule has 0 radical (unpaired) electrons. The van der Waals surface area contributed by atoms with E-state index in [0.29, 0.717) is 9.21 Å². The summed E-state index contributed by atoms with van der Waals surface area (Å²) in [7, 11) is 0. The van der Waals surface area contributed by atoms with Gasteiger partial charge in [0.2, 0.25) is 5.78 Å². The number of hydrogen-bond donors (Lipinski definition) is 1. The molecule has 0 atom stereocenters. The minimum Gasteiger partial charge on any atom is -0.396 e. The van der Waals surface area contributed by atoms with Gasteiger partial charge in [-0.05, 0) is 24.3 Å². The van der Waals surface area contributed by atoms with Crippen molar-refractivity contribution in [3.63, 3.8) is 0 Å². The number of hydrogen-bond acceptors (Lipinski definition) is 3. The number of rotatable bonds is 2. The number of benzene rings is 1. The van der Waals surface area contributed by atoms with Crippen molar-refractivity contribution in [2.45, 2.75) is 0 Å². The highest BCUT2D eigenvalue weighted by Gasteiger charge is 2.16. The molecular weight excluding hydrogens is 249 g/mol. The predicted octanol–water partition coefficient (Wildman–Crippen LogP) is 3.35. The number of thiophene rings is 1. The van der Waals surface area contributed by atoms with Crippen LogP contribution in [0.1, 0.15) is 15.2 Å². The van der Waals surface area contributed by atoms with Crippen molar-refractivity contribution < 1.29 is 9.18 Å². The van der Waals surface area contributed by atoms with Crippen molar-refractivity contribution in [2.75, 3.05) is 5.73 Å². The van der Waals surface area contributed by atoms with Gasteiger partial charge in [-0.3, -0.25) is 4.79 Å². The second-order valence-corrected chi connectivity index (χ2v) is 4.85. The van der Waals surface area contributed by atoms with Crippen LogP contribution in [0.2, 0.25) is 4.34 Å². The number of carbonyl (C=O) groups excluding carboxylic acids is 1. The number of halogens is 2. The Balaban J connectivity index is 2.45. The van der Waals surface area contributed by atoms with E-state index in [9.17, 15) is 9.18 Å². The first-order chi connectivity index (χ1) is 7.59. The van der Waals surface area contributed by atoms with Crippen molar-refractivity contribution >= 4 is 34.4 Å². The summed E-state index contributed by atoms with van der Waals surface area (Å²) in [5.74, 6) is -0.901. The van der Waals surface area contributed by atoms with Gasteiger partial charge in [-0.1, -0.05) is 17.7 Å². The van der Waals surface area contributed by atoms with E-state index in [1.807, 2.05) is 0 Å². The largest absolute Gasteiger partial charge is 0.396 e. The van der Waals surface area contributed by atoms with E-state index in [2.05, 4.69) is 0 Å². The molecule has 5 heteroatoms. The van der Waals surface area contributed by atoms with Gasteiger partial charge in [0, 0.05) is 5.56 Å². The van der Waals surface area contributed by atoms with E-state index in [0.717, 1.165) is 11.3 Å². The topological polar surface area (TPSA) is 43.1 Å². The van der Waals surface area contributed by atoms with E-state index in [4.69, 9.17) is 17.3 Å². The van der Waals surface area contributed by atoms with Crippen LogP contribution < -0.4 is 5.73 Å². The zero-order chi connectivity index (χ0) is 11.7. The Morgan fingerprint density at radius 3 is 2.69 bits per heavy atom. The number of carbonyl (C=O) groups is 1. The lowest BCUT2D eigenvalue weighted by Gasteiger charge is -2.03. The number of nitrogen functional groups attached to an aromatic ring is 1. The van der Waals surface area contributed by atoms with Gasteiger partial charge in [-0.25, -0.2) is 4.39 Å². The fraction of sp³-hybridized carbons (Fsp3) is 0. The van der Waals surface area contributed by atoms with Crippen LogP contribution in [-0.2, 0) is 0 Å². The van der Waals surface area contributed by atoms with Crippen molar-refractivity contribution in [2.24, 2.45) is 0 Å². The third kappa shape index (κ3) is 1.94. The summed E-state index contributed by atoms with van der Waals surface area (Å²) in [5.41, 5.74) is 5.54. The lowest BCUT2D eigenvalue weighted by Crippen LogP contribution is -2.05. The zero-order valence-corrected chi connectivity index (χ0v) is 9.61. The fourth-order valence-corrected chi connectivity index (χ4v) is 2.30. The average Bonchev–Trinajstić information content (AvgIpc) is 2.68. The maximum atomic E-state index is 13.2. The first-order valence-electron chi connectivity index (χ1n) is 4.43. The molecule has 0 spiro atoms.